The quantitative estimate of drug-likeness (QED) is 0.175. The van der Waals surface area contributed by atoms with Crippen LogP contribution in [0, 0.1) is 5.41 Å². The van der Waals surface area contributed by atoms with Crippen LogP contribution in [0.2, 0.25) is 5.15 Å². The Morgan fingerprint density at radius 2 is 2.05 bits per heavy atom. The fraction of sp³-hybridized carbons (Fsp3) is 0.696. The SMILES string of the molecule is CC(C)OC(=O)CCNC(=O)[C@@H]1OP(=O)(OC[C@H]2O[C@@H](n3cnc4c(Cl)nc(N)nc43)C(C)(O)[C@H]2O)OCC1(C)C. The summed E-state index contributed by atoms with van der Waals surface area (Å²) in [6.07, 6.45) is -4.27. The van der Waals surface area contributed by atoms with Crippen LogP contribution in [0.1, 0.15) is 47.3 Å². The highest BCUT2D eigenvalue weighted by Crippen LogP contribution is 2.57. The Hall–Kier alpha value is -2.43. The Labute approximate surface area is 240 Å². The van der Waals surface area contributed by atoms with E-state index in [1.807, 2.05) is 0 Å². The Bertz CT molecular complexity index is 1350. The van der Waals surface area contributed by atoms with Gasteiger partial charge in [-0.3, -0.25) is 27.7 Å². The summed E-state index contributed by atoms with van der Waals surface area (Å²) in [5.74, 6) is -1.23. The van der Waals surface area contributed by atoms with Crippen molar-refractivity contribution in [3.8, 4) is 0 Å². The fourth-order valence-corrected chi connectivity index (χ4v) is 6.28. The van der Waals surface area contributed by atoms with Gasteiger partial charge in [0.25, 0.3) is 0 Å². The van der Waals surface area contributed by atoms with Crippen molar-refractivity contribution in [1.82, 2.24) is 24.8 Å². The lowest BCUT2D eigenvalue weighted by Gasteiger charge is -2.39. The van der Waals surface area contributed by atoms with Crippen molar-refractivity contribution in [2.45, 2.75) is 77.3 Å². The first-order valence-corrected chi connectivity index (χ1v) is 14.6. The van der Waals surface area contributed by atoms with Gasteiger partial charge in [-0.25, -0.2) is 9.55 Å². The molecular weight excluding hydrogens is 587 g/mol. The van der Waals surface area contributed by atoms with Crippen molar-refractivity contribution in [1.29, 1.82) is 0 Å². The van der Waals surface area contributed by atoms with E-state index in [0.29, 0.717) is 0 Å². The maximum atomic E-state index is 13.3. The van der Waals surface area contributed by atoms with E-state index < -0.39 is 61.9 Å². The lowest BCUT2D eigenvalue weighted by molar-refractivity contribution is -0.147. The topological polar surface area (TPSA) is 219 Å². The molecule has 2 aromatic heterocycles. The van der Waals surface area contributed by atoms with Gasteiger partial charge in [0, 0.05) is 12.0 Å². The van der Waals surface area contributed by atoms with E-state index in [1.54, 1.807) is 27.7 Å². The summed E-state index contributed by atoms with van der Waals surface area (Å²) in [6.45, 7) is 7.40. The molecule has 4 heterocycles. The summed E-state index contributed by atoms with van der Waals surface area (Å²) in [7, 11) is -4.33. The van der Waals surface area contributed by atoms with Crippen LogP contribution in [0.5, 0.6) is 0 Å². The minimum Gasteiger partial charge on any atom is -0.463 e. The monoisotopic (exact) mass is 620 g/mol. The number of carbonyl (C=O) groups excluding carboxylic acids is 2. The molecule has 0 aliphatic carbocycles. The maximum Gasteiger partial charge on any atom is 0.475 e. The number of amides is 1. The lowest BCUT2D eigenvalue weighted by atomic mass is 9.87. The smallest absolute Gasteiger partial charge is 0.463 e. The number of phosphoric acid groups is 1. The van der Waals surface area contributed by atoms with Crippen molar-refractivity contribution in [3.05, 3.63) is 11.5 Å². The van der Waals surface area contributed by atoms with Crippen LogP contribution in [0.15, 0.2) is 6.33 Å². The first-order valence-electron chi connectivity index (χ1n) is 12.8. The van der Waals surface area contributed by atoms with E-state index in [1.165, 1.54) is 17.8 Å². The average Bonchev–Trinajstić information content (AvgIpc) is 3.37. The highest BCUT2D eigenvalue weighted by atomic mass is 35.5. The molecule has 41 heavy (non-hydrogen) atoms. The van der Waals surface area contributed by atoms with E-state index in [4.69, 9.17) is 40.4 Å². The molecule has 2 aromatic rings. The number of nitrogen functional groups attached to an aromatic ring is 1. The summed E-state index contributed by atoms with van der Waals surface area (Å²) in [4.78, 5) is 36.7. The molecule has 228 valence electrons. The van der Waals surface area contributed by atoms with E-state index in [-0.39, 0.29) is 47.9 Å². The fourth-order valence-electron chi connectivity index (χ4n) is 4.41. The summed E-state index contributed by atoms with van der Waals surface area (Å²) in [5.41, 5.74) is 3.27. The highest BCUT2D eigenvalue weighted by Gasteiger charge is 2.55. The van der Waals surface area contributed by atoms with E-state index in [2.05, 4.69) is 20.3 Å². The first-order chi connectivity index (χ1) is 19.0. The minimum atomic E-state index is -4.33. The number of rotatable bonds is 9. The Morgan fingerprint density at radius 1 is 1.34 bits per heavy atom. The number of aliphatic hydroxyl groups is 2. The van der Waals surface area contributed by atoms with Gasteiger partial charge in [0.2, 0.25) is 11.9 Å². The molecule has 0 spiro atoms. The zero-order valence-electron chi connectivity index (χ0n) is 23.1. The number of esters is 1. The molecule has 2 fully saturated rings. The summed E-state index contributed by atoms with van der Waals surface area (Å²) in [6, 6.07) is 0. The zero-order valence-corrected chi connectivity index (χ0v) is 24.8. The van der Waals surface area contributed by atoms with Crippen molar-refractivity contribution in [3.63, 3.8) is 0 Å². The lowest BCUT2D eigenvalue weighted by Crippen LogP contribution is -2.50. The van der Waals surface area contributed by atoms with Gasteiger partial charge in [0.15, 0.2) is 23.1 Å². The number of nitrogens with one attached hydrogen (secondary N) is 1. The number of nitrogens with zero attached hydrogens (tertiary/aromatic N) is 4. The minimum absolute atomic E-state index is 0.00831. The number of ether oxygens (including phenoxy) is 2. The zero-order chi connectivity index (χ0) is 30.3. The predicted octanol–water partition coefficient (Wildman–Crippen LogP) is 1.10. The number of fused-ring (bicyclic) bond motifs is 1. The van der Waals surface area contributed by atoms with E-state index >= 15 is 0 Å². The third kappa shape index (κ3) is 6.65. The molecule has 2 aliphatic heterocycles. The number of aromatic nitrogens is 4. The molecule has 16 nitrogen and oxygen atoms in total. The standard InChI is InChI=1S/C23H34ClN6O10P/c1-11(2)38-13(31)6-7-26-19(33)16-22(3,4)9-37-41(35,40-16)36-8-12-15(32)23(5,34)20(39-12)30-10-27-14-17(24)28-21(25)29-18(14)30/h10-12,15-16,20,32,34H,6-9H2,1-5H3,(H,26,33)(H2,25,28,29)/t12-,15+,16+,20-,23?,41?/m1/s1. The molecule has 2 aliphatic rings. The van der Waals surface area contributed by atoms with Crippen LogP contribution in [0.25, 0.3) is 11.2 Å². The Balaban J connectivity index is 1.42. The number of imidazole rings is 1. The molecule has 4 rings (SSSR count). The third-order valence-corrected chi connectivity index (χ3v) is 8.22. The first kappa shape index (κ1) is 31.5. The van der Waals surface area contributed by atoms with Crippen LogP contribution in [-0.4, -0.2) is 91.4 Å². The van der Waals surface area contributed by atoms with Gasteiger partial charge < -0.3 is 30.7 Å². The number of hydrogen-bond donors (Lipinski definition) is 4. The van der Waals surface area contributed by atoms with Crippen LogP contribution in [0.3, 0.4) is 0 Å². The maximum absolute atomic E-state index is 13.3. The number of nitrogens with two attached hydrogens (primary N) is 1. The molecule has 0 aromatic carbocycles. The van der Waals surface area contributed by atoms with Crippen LogP contribution in [0.4, 0.5) is 5.95 Å². The van der Waals surface area contributed by atoms with Crippen molar-refractivity contribution in [2.75, 3.05) is 25.5 Å². The van der Waals surface area contributed by atoms with Gasteiger partial charge in [-0.05, 0) is 20.8 Å². The van der Waals surface area contributed by atoms with Gasteiger partial charge in [-0.15, -0.1) is 0 Å². The van der Waals surface area contributed by atoms with Gasteiger partial charge in [-0.1, -0.05) is 25.4 Å². The van der Waals surface area contributed by atoms with Crippen molar-refractivity contribution >= 4 is 48.4 Å². The number of carbonyl (C=O) groups is 2. The normalized spacial score (nSPS) is 31.4. The molecule has 18 heteroatoms. The number of aliphatic hydroxyl groups excluding tert-OH is 1. The van der Waals surface area contributed by atoms with Crippen molar-refractivity contribution in [2.24, 2.45) is 5.41 Å². The molecule has 5 N–H and O–H groups in total. The Morgan fingerprint density at radius 3 is 2.73 bits per heavy atom. The van der Waals surface area contributed by atoms with Gasteiger partial charge in [-0.2, -0.15) is 9.97 Å². The second-order valence-electron chi connectivity index (χ2n) is 11.0. The number of halogens is 1. The van der Waals surface area contributed by atoms with Crippen LogP contribution in [-0.2, 0) is 37.2 Å². The van der Waals surface area contributed by atoms with Crippen molar-refractivity contribution < 1.29 is 47.4 Å². The van der Waals surface area contributed by atoms with E-state index in [9.17, 15) is 24.4 Å². The molecule has 6 atom stereocenters. The molecular formula is C23H34ClN6O10P. The molecule has 0 saturated carbocycles. The summed E-state index contributed by atoms with van der Waals surface area (Å²) < 4.78 is 41.9. The third-order valence-electron chi connectivity index (χ3n) is 6.57. The van der Waals surface area contributed by atoms with Gasteiger partial charge in [0.1, 0.15) is 23.3 Å². The van der Waals surface area contributed by atoms with Crippen LogP contribution >= 0.6 is 19.4 Å². The highest BCUT2D eigenvalue weighted by molar-refractivity contribution is 7.48. The van der Waals surface area contributed by atoms with Crippen LogP contribution < -0.4 is 11.1 Å². The van der Waals surface area contributed by atoms with Gasteiger partial charge >= 0.3 is 13.8 Å². The second-order valence-corrected chi connectivity index (χ2v) is 12.9. The number of anilines is 1. The van der Waals surface area contributed by atoms with E-state index in [0.717, 1.165) is 0 Å². The van der Waals surface area contributed by atoms with Gasteiger partial charge in [0.05, 0.1) is 32.1 Å². The molecule has 0 bridgehead atoms. The number of phosphoric ester groups is 1. The Kier molecular flexibility index (Phi) is 8.98. The average molecular weight is 621 g/mol. The molecule has 0 radical (unpaired) electrons. The number of hydrogen-bond acceptors (Lipinski definition) is 14. The molecule has 2 saturated heterocycles. The predicted molar refractivity (Wildman–Crippen MR) is 142 cm³/mol. The summed E-state index contributed by atoms with van der Waals surface area (Å²) in [5, 5.41) is 24.5. The second kappa shape index (κ2) is 11.7. The molecule has 1 amide bonds. The molecule has 2 unspecified atom stereocenters. The summed E-state index contributed by atoms with van der Waals surface area (Å²) >= 11 is 6.09. The largest absolute Gasteiger partial charge is 0.475 e.